The molecule has 0 saturated carbocycles. The fraction of sp³-hybridized carbons (Fsp3) is 0.500. The molecule has 0 radical (unpaired) electrons. The number of rotatable bonds is 5. The number of hydrogen-bond donors (Lipinski definition) is 0. The van der Waals surface area contributed by atoms with Gasteiger partial charge in [0.05, 0.1) is 13.0 Å². The summed E-state index contributed by atoms with van der Waals surface area (Å²) in [5.41, 5.74) is 1.17. The highest BCUT2D eigenvalue weighted by molar-refractivity contribution is 6.27. The molecule has 0 aliphatic carbocycles. The third-order valence-electron chi connectivity index (χ3n) is 3.71. The lowest BCUT2D eigenvalue weighted by Gasteiger charge is -2.34. The van der Waals surface area contributed by atoms with Crippen LogP contribution in [0.3, 0.4) is 0 Å². The second kappa shape index (κ2) is 8.03. The molecule has 0 spiro atoms. The molecule has 0 bridgehead atoms. The number of ether oxygens (including phenoxy) is 1. The second-order valence-corrected chi connectivity index (χ2v) is 5.57. The molecule has 120 valence electrons. The van der Waals surface area contributed by atoms with E-state index < -0.39 is 0 Å². The van der Waals surface area contributed by atoms with E-state index in [1.54, 1.807) is 9.80 Å². The van der Waals surface area contributed by atoms with Crippen LogP contribution < -0.4 is 4.74 Å². The predicted molar refractivity (Wildman–Crippen MR) is 85.2 cm³/mol. The molecular formula is C16H21ClN2O3. The molecule has 1 aliphatic heterocycles. The number of nitrogens with zero attached hydrogens (tertiary/aromatic N) is 2. The summed E-state index contributed by atoms with van der Waals surface area (Å²) in [7, 11) is 0. The summed E-state index contributed by atoms with van der Waals surface area (Å²) in [6.45, 7) is 4.61. The lowest BCUT2D eigenvalue weighted by molar-refractivity contribution is -0.138. The first kappa shape index (κ1) is 16.6. The Morgan fingerprint density at radius 3 is 2.14 bits per heavy atom. The maximum Gasteiger partial charge on any atom is 0.237 e. The van der Waals surface area contributed by atoms with E-state index in [9.17, 15) is 9.59 Å². The molecule has 0 unspecified atom stereocenters. The maximum atomic E-state index is 12.1. The minimum absolute atomic E-state index is 0.00165. The number of aryl methyl sites for hydroxylation is 1. The minimum atomic E-state index is -0.0727. The van der Waals surface area contributed by atoms with Gasteiger partial charge in [-0.25, -0.2) is 0 Å². The molecule has 1 aliphatic rings. The van der Waals surface area contributed by atoms with Crippen molar-refractivity contribution in [2.45, 2.75) is 13.3 Å². The first-order valence-corrected chi connectivity index (χ1v) is 7.94. The Hall–Kier alpha value is -1.75. The van der Waals surface area contributed by atoms with E-state index in [0.29, 0.717) is 39.2 Å². The van der Waals surface area contributed by atoms with Gasteiger partial charge in [-0.15, -0.1) is 11.6 Å². The summed E-state index contributed by atoms with van der Waals surface area (Å²) in [6, 6.07) is 7.75. The van der Waals surface area contributed by atoms with Crippen molar-refractivity contribution >= 4 is 23.4 Å². The van der Waals surface area contributed by atoms with Gasteiger partial charge in [-0.1, -0.05) is 17.7 Å². The monoisotopic (exact) mass is 324 g/mol. The minimum Gasteiger partial charge on any atom is -0.493 e. The molecule has 1 aromatic rings. The van der Waals surface area contributed by atoms with Gasteiger partial charge in [0.15, 0.2) is 0 Å². The molecule has 1 aromatic carbocycles. The van der Waals surface area contributed by atoms with Crippen molar-refractivity contribution in [3.05, 3.63) is 29.8 Å². The lowest BCUT2D eigenvalue weighted by atomic mass is 10.2. The molecule has 1 heterocycles. The highest BCUT2D eigenvalue weighted by Crippen LogP contribution is 2.12. The van der Waals surface area contributed by atoms with Crippen molar-refractivity contribution in [1.29, 1.82) is 0 Å². The number of carbonyl (C=O) groups excluding carboxylic acids is 2. The maximum absolute atomic E-state index is 12.1. The van der Waals surface area contributed by atoms with Gasteiger partial charge in [0.1, 0.15) is 11.6 Å². The van der Waals surface area contributed by atoms with Crippen LogP contribution in [0, 0.1) is 6.92 Å². The van der Waals surface area contributed by atoms with E-state index in [2.05, 4.69) is 0 Å². The Kier molecular flexibility index (Phi) is 6.07. The summed E-state index contributed by atoms with van der Waals surface area (Å²) in [5, 5.41) is 0. The Labute approximate surface area is 135 Å². The van der Waals surface area contributed by atoms with Crippen molar-refractivity contribution < 1.29 is 14.3 Å². The normalized spacial score (nSPS) is 14.8. The lowest BCUT2D eigenvalue weighted by Crippen LogP contribution is -2.51. The first-order valence-electron chi connectivity index (χ1n) is 7.41. The van der Waals surface area contributed by atoms with Gasteiger partial charge < -0.3 is 14.5 Å². The number of hydrogen-bond acceptors (Lipinski definition) is 3. The predicted octanol–water partition coefficient (Wildman–Crippen LogP) is 1.67. The van der Waals surface area contributed by atoms with Crippen molar-refractivity contribution in [2.24, 2.45) is 0 Å². The molecule has 0 N–H and O–H groups in total. The van der Waals surface area contributed by atoms with E-state index in [1.807, 2.05) is 31.2 Å². The second-order valence-electron chi connectivity index (χ2n) is 5.31. The van der Waals surface area contributed by atoms with E-state index in [-0.39, 0.29) is 17.7 Å². The molecule has 0 atom stereocenters. The Morgan fingerprint density at radius 2 is 1.59 bits per heavy atom. The smallest absolute Gasteiger partial charge is 0.237 e. The van der Waals surface area contributed by atoms with Crippen LogP contribution in [0.15, 0.2) is 24.3 Å². The van der Waals surface area contributed by atoms with E-state index in [1.165, 1.54) is 5.56 Å². The Bertz CT molecular complexity index is 511. The van der Waals surface area contributed by atoms with Gasteiger partial charge in [-0.05, 0) is 19.1 Å². The zero-order chi connectivity index (χ0) is 15.9. The highest BCUT2D eigenvalue weighted by atomic mass is 35.5. The molecule has 6 heteroatoms. The third kappa shape index (κ3) is 4.63. The molecule has 2 rings (SSSR count). The Balaban J connectivity index is 1.70. The van der Waals surface area contributed by atoms with Crippen LogP contribution in [-0.2, 0) is 9.59 Å². The standard InChI is InChI=1S/C16H21ClN2O3/c1-13-2-4-14(5-3-13)22-11-6-15(20)18-7-9-19(10-8-18)16(21)12-17/h2-5H,6-12H2,1H3. The van der Waals surface area contributed by atoms with Gasteiger partial charge in [0.25, 0.3) is 0 Å². The van der Waals surface area contributed by atoms with Gasteiger partial charge in [-0.3, -0.25) is 9.59 Å². The number of benzene rings is 1. The topological polar surface area (TPSA) is 49.9 Å². The SMILES string of the molecule is Cc1ccc(OCCC(=O)N2CCN(C(=O)CCl)CC2)cc1. The van der Waals surface area contributed by atoms with Crippen molar-refractivity contribution in [2.75, 3.05) is 38.7 Å². The summed E-state index contributed by atoms with van der Waals surface area (Å²) >= 11 is 5.53. The first-order chi connectivity index (χ1) is 10.6. The molecule has 2 amide bonds. The van der Waals surface area contributed by atoms with Crippen LogP contribution in [-0.4, -0.2) is 60.3 Å². The summed E-state index contributed by atoms with van der Waals surface area (Å²) in [6.07, 6.45) is 0.345. The van der Waals surface area contributed by atoms with Crippen molar-refractivity contribution in [3.8, 4) is 5.75 Å². The van der Waals surface area contributed by atoms with Crippen LogP contribution in [0.25, 0.3) is 0 Å². The van der Waals surface area contributed by atoms with Crippen molar-refractivity contribution in [3.63, 3.8) is 0 Å². The summed E-state index contributed by atoms with van der Waals surface area (Å²) < 4.78 is 5.57. The molecule has 1 fully saturated rings. The fourth-order valence-corrected chi connectivity index (χ4v) is 2.51. The van der Waals surface area contributed by atoms with Crippen LogP contribution in [0.1, 0.15) is 12.0 Å². The summed E-state index contributed by atoms with van der Waals surface area (Å²) in [5.74, 6) is 0.760. The fourth-order valence-electron chi connectivity index (χ4n) is 2.34. The van der Waals surface area contributed by atoms with Crippen LogP contribution >= 0.6 is 11.6 Å². The van der Waals surface area contributed by atoms with Crippen LogP contribution in [0.5, 0.6) is 5.75 Å². The van der Waals surface area contributed by atoms with Gasteiger partial charge in [0, 0.05) is 26.2 Å². The molecular weight excluding hydrogens is 304 g/mol. The number of alkyl halides is 1. The number of piperazine rings is 1. The number of carbonyl (C=O) groups is 2. The number of halogens is 1. The zero-order valence-corrected chi connectivity index (χ0v) is 13.5. The van der Waals surface area contributed by atoms with Gasteiger partial charge >= 0.3 is 0 Å². The van der Waals surface area contributed by atoms with Crippen LogP contribution in [0.4, 0.5) is 0 Å². The zero-order valence-electron chi connectivity index (χ0n) is 12.8. The highest BCUT2D eigenvalue weighted by Gasteiger charge is 2.23. The van der Waals surface area contributed by atoms with E-state index in [0.717, 1.165) is 5.75 Å². The Morgan fingerprint density at radius 1 is 1.05 bits per heavy atom. The average Bonchev–Trinajstić information content (AvgIpc) is 2.56. The van der Waals surface area contributed by atoms with Gasteiger partial charge in [0.2, 0.25) is 11.8 Å². The molecule has 22 heavy (non-hydrogen) atoms. The third-order valence-corrected chi connectivity index (χ3v) is 3.93. The van der Waals surface area contributed by atoms with E-state index in [4.69, 9.17) is 16.3 Å². The number of amides is 2. The molecule has 0 aromatic heterocycles. The largest absolute Gasteiger partial charge is 0.493 e. The summed E-state index contributed by atoms with van der Waals surface area (Å²) in [4.78, 5) is 27.0. The quantitative estimate of drug-likeness (QED) is 0.774. The van der Waals surface area contributed by atoms with Crippen LogP contribution in [0.2, 0.25) is 0 Å². The molecule has 5 nitrogen and oxygen atoms in total. The van der Waals surface area contributed by atoms with Gasteiger partial charge in [-0.2, -0.15) is 0 Å². The van der Waals surface area contributed by atoms with Crippen molar-refractivity contribution in [1.82, 2.24) is 9.80 Å². The molecule has 1 saturated heterocycles. The van der Waals surface area contributed by atoms with E-state index >= 15 is 0 Å². The average molecular weight is 325 g/mol.